The van der Waals surface area contributed by atoms with Crippen LogP contribution in [0.3, 0.4) is 0 Å². The van der Waals surface area contributed by atoms with Crippen molar-refractivity contribution in [2.24, 2.45) is 5.92 Å². The first-order valence-corrected chi connectivity index (χ1v) is 11.2. The molecule has 32 heavy (non-hydrogen) atoms. The molecule has 3 heterocycles. The van der Waals surface area contributed by atoms with Gasteiger partial charge in [-0.3, -0.25) is 4.90 Å². The van der Waals surface area contributed by atoms with E-state index >= 15 is 0 Å². The van der Waals surface area contributed by atoms with E-state index in [9.17, 15) is 4.79 Å². The first-order valence-electron chi connectivity index (χ1n) is 11.2. The van der Waals surface area contributed by atoms with Crippen LogP contribution in [0.2, 0.25) is 0 Å². The van der Waals surface area contributed by atoms with Gasteiger partial charge in [0.2, 0.25) is 5.89 Å². The van der Waals surface area contributed by atoms with E-state index in [1.807, 2.05) is 49.1 Å². The lowest BCUT2D eigenvalue weighted by molar-refractivity contribution is 0.131. The Labute approximate surface area is 188 Å². The van der Waals surface area contributed by atoms with Gasteiger partial charge in [0.1, 0.15) is 0 Å². The van der Waals surface area contributed by atoms with E-state index in [4.69, 9.17) is 4.52 Å². The van der Waals surface area contributed by atoms with Crippen molar-refractivity contribution in [3.8, 4) is 0 Å². The van der Waals surface area contributed by atoms with Crippen LogP contribution in [0.1, 0.15) is 29.3 Å². The van der Waals surface area contributed by atoms with Crippen molar-refractivity contribution in [2.75, 3.05) is 31.5 Å². The van der Waals surface area contributed by atoms with Gasteiger partial charge < -0.3 is 14.7 Å². The number of carbonyl (C=O) groups excluding carboxylic acids is 1. The third-order valence-electron chi connectivity index (χ3n) is 6.88. The second-order valence-corrected chi connectivity index (χ2v) is 9.10. The summed E-state index contributed by atoms with van der Waals surface area (Å²) in [5.41, 5.74) is 2.86. The number of nitrogens with zero attached hydrogens (tertiary/aromatic N) is 4. The summed E-state index contributed by atoms with van der Waals surface area (Å²) in [5, 5.41) is 7.43. The number of anilines is 1. The molecule has 2 aliphatic rings. The predicted octanol–water partition coefficient (Wildman–Crippen LogP) is 3.99. The Balaban J connectivity index is 1.39. The second kappa shape index (κ2) is 8.39. The Kier molecular flexibility index (Phi) is 5.43. The lowest BCUT2D eigenvalue weighted by Crippen LogP contribution is -2.55. The summed E-state index contributed by atoms with van der Waals surface area (Å²) >= 11 is 0. The van der Waals surface area contributed by atoms with Gasteiger partial charge in [-0.1, -0.05) is 53.7 Å². The molecule has 2 fully saturated rings. The van der Waals surface area contributed by atoms with Crippen LogP contribution < -0.4 is 5.32 Å². The number of aryl methyl sites for hydroxylation is 2. The molecule has 2 aromatic carbocycles. The summed E-state index contributed by atoms with van der Waals surface area (Å²) in [5.74, 6) is 1.67. The molecule has 1 N–H and O–H groups in total. The minimum Gasteiger partial charge on any atom is -0.340 e. The average molecular weight is 432 g/mol. The van der Waals surface area contributed by atoms with Gasteiger partial charge in [-0.25, -0.2) is 4.79 Å². The maximum absolute atomic E-state index is 13.2. The van der Waals surface area contributed by atoms with Gasteiger partial charge in [-0.2, -0.15) is 4.98 Å². The first-order chi connectivity index (χ1) is 15.5. The Hall–Kier alpha value is -3.19. The van der Waals surface area contributed by atoms with Crippen LogP contribution >= 0.6 is 0 Å². The molecular weight excluding hydrogens is 402 g/mol. The fourth-order valence-electron chi connectivity index (χ4n) is 5.23. The molecule has 5 rings (SSSR count). The highest BCUT2D eigenvalue weighted by Gasteiger charge is 2.54. The zero-order valence-corrected chi connectivity index (χ0v) is 18.6. The SMILES string of the molecule is Cc1nc([C@@]23CN(Cc4ccccc4)C[C@@H]2CCN(C(=O)Nc2ccccc2C)C3)no1. The number of fused-ring (bicyclic) bond motifs is 1. The molecule has 7 heteroatoms. The summed E-state index contributed by atoms with van der Waals surface area (Å²) in [7, 11) is 0. The van der Waals surface area contributed by atoms with E-state index in [-0.39, 0.29) is 11.4 Å². The summed E-state index contributed by atoms with van der Waals surface area (Å²) < 4.78 is 5.38. The molecule has 7 nitrogen and oxygen atoms in total. The molecule has 2 saturated heterocycles. The highest BCUT2D eigenvalue weighted by atomic mass is 16.5. The van der Waals surface area contributed by atoms with Gasteiger partial charge in [0.25, 0.3) is 0 Å². The highest BCUT2D eigenvalue weighted by molar-refractivity contribution is 5.90. The topological polar surface area (TPSA) is 74.5 Å². The van der Waals surface area contributed by atoms with E-state index in [2.05, 4.69) is 44.6 Å². The fourth-order valence-corrected chi connectivity index (χ4v) is 5.23. The van der Waals surface area contributed by atoms with Crippen LogP contribution in [0.15, 0.2) is 59.1 Å². The van der Waals surface area contributed by atoms with Crippen molar-refractivity contribution < 1.29 is 9.32 Å². The van der Waals surface area contributed by atoms with Crippen molar-refractivity contribution in [1.82, 2.24) is 19.9 Å². The number of hydrogen-bond donors (Lipinski definition) is 1. The van der Waals surface area contributed by atoms with Crippen molar-refractivity contribution in [1.29, 1.82) is 0 Å². The Morgan fingerprint density at radius 3 is 2.66 bits per heavy atom. The highest BCUT2D eigenvalue weighted by Crippen LogP contribution is 2.44. The van der Waals surface area contributed by atoms with Gasteiger partial charge in [0.05, 0.1) is 5.41 Å². The molecule has 0 spiro atoms. The monoisotopic (exact) mass is 431 g/mol. The van der Waals surface area contributed by atoms with Crippen molar-refractivity contribution in [3.63, 3.8) is 0 Å². The van der Waals surface area contributed by atoms with Crippen LogP contribution in [0.5, 0.6) is 0 Å². The maximum Gasteiger partial charge on any atom is 0.321 e. The molecular formula is C25H29N5O2. The molecule has 3 aromatic rings. The first kappa shape index (κ1) is 20.7. The number of hydrogen-bond acceptors (Lipinski definition) is 5. The van der Waals surface area contributed by atoms with Crippen LogP contribution in [-0.2, 0) is 12.0 Å². The number of carbonyl (C=O) groups is 1. The maximum atomic E-state index is 13.2. The minimum absolute atomic E-state index is 0.0705. The normalized spacial score (nSPS) is 23.2. The lowest BCUT2D eigenvalue weighted by Gasteiger charge is -2.42. The summed E-state index contributed by atoms with van der Waals surface area (Å²) in [6, 6.07) is 18.3. The molecule has 1 aromatic heterocycles. The molecule has 2 amide bonds. The summed E-state index contributed by atoms with van der Waals surface area (Å²) in [4.78, 5) is 22.2. The number of benzene rings is 2. The molecule has 0 saturated carbocycles. The quantitative estimate of drug-likeness (QED) is 0.676. The van der Waals surface area contributed by atoms with E-state index in [0.29, 0.717) is 18.4 Å². The van der Waals surface area contributed by atoms with Gasteiger partial charge in [-0.05, 0) is 36.5 Å². The summed E-state index contributed by atoms with van der Waals surface area (Å²) in [6.45, 7) is 7.79. The molecule has 0 unspecified atom stereocenters. The van der Waals surface area contributed by atoms with Gasteiger partial charge in [0, 0.05) is 45.3 Å². The Morgan fingerprint density at radius 1 is 1.12 bits per heavy atom. The Bertz CT molecular complexity index is 1100. The van der Waals surface area contributed by atoms with Crippen molar-refractivity contribution in [2.45, 2.75) is 32.2 Å². The van der Waals surface area contributed by atoms with Gasteiger partial charge in [0.15, 0.2) is 5.82 Å². The van der Waals surface area contributed by atoms with Crippen LogP contribution in [0.4, 0.5) is 10.5 Å². The van der Waals surface area contributed by atoms with Gasteiger partial charge in [-0.15, -0.1) is 0 Å². The minimum atomic E-state index is -0.326. The molecule has 0 radical (unpaired) electrons. The van der Waals surface area contributed by atoms with Crippen LogP contribution in [0, 0.1) is 19.8 Å². The molecule has 2 aliphatic heterocycles. The lowest BCUT2D eigenvalue weighted by atomic mass is 9.72. The molecule has 0 aliphatic carbocycles. The van der Waals surface area contributed by atoms with Crippen molar-refractivity contribution in [3.05, 3.63) is 77.4 Å². The average Bonchev–Trinajstić information content (AvgIpc) is 3.39. The summed E-state index contributed by atoms with van der Waals surface area (Å²) in [6.07, 6.45) is 0.917. The van der Waals surface area contributed by atoms with E-state index < -0.39 is 0 Å². The second-order valence-electron chi connectivity index (χ2n) is 9.10. The molecule has 0 bridgehead atoms. The number of nitrogens with one attached hydrogen (secondary N) is 1. The number of urea groups is 1. The number of para-hydroxylation sites is 1. The van der Waals surface area contributed by atoms with E-state index in [1.54, 1.807) is 0 Å². The van der Waals surface area contributed by atoms with Gasteiger partial charge >= 0.3 is 6.03 Å². The smallest absolute Gasteiger partial charge is 0.321 e. The largest absolute Gasteiger partial charge is 0.340 e. The number of piperidine rings is 1. The zero-order valence-electron chi connectivity index (χ0n) is 18.6. The van der Waals surface area contributed by atoms with E-state index in [0.717, 1.165) is 49.7 Å². The van der Waals surface area contributed by atoms with Crippen LogP contribution in [0.25, 0.3) is 0 Å². The number of rotatable bonds is 4. The third kappa shape index (κ3) is 3.88. The zero-order chi connectivity index (χ0) is 22.1. The molecule has 2 atom stereocenters. The number of amides is 2. The number of aromatic nitrogens is 2. The molecule has 166 valence electrons. The third-order valence-corrected chi connectivity index (χ3v) is 6.88. The van der Waals surface area contributed by atoms with E-state index in [1.165, 1.54) is 5.56 Å². The van der Waals surface area contributed by atoms with Crippen LogP contribution in [-0.4, -0.2) is 52.2 Å². The standard InChI is InChI=1S/C25H29N5O2/c1-18-8-6-7-11-22(18)27-24(31)30-13-12-21-15-29(14-20-9-4-3-5-10-20)16-25(21,17-30)23-26-19(2)32-28-23/h3-11,21H,12-17H2,1-2H3,(H,27,31)/t21-,25+/m0/s1. The number of likely N-dealkylation sites (tertiary alicyclic amines) is 2. The fraction of sp³-hybridized carbons (Fsp3) is 0.400. The predicted molar refractivity (Wildman–Crippen MR) is 122 cm³/mol. The Morgan fingerprint density at radius 2 is 1.91 bits per heavy atom. The van der Waals surface area contributed by atoms with Crippen molar-refractivity contribution >= 4 is 11.7 Å².